The second-order valence-corrected chi connectivity index (χ2v) is 16.6. The molecule has 0 N–H and O–H groups in total. The molecule has 326 valence electrons. The molecule has 2 aromatic heterocycles. The van der Waals surface area contributed by atoms with E-state index in [4.69, 9.17) is 0 Å². The molecule has 0 saturated heterocycles. The number of nitrogens with zero attached hydrogens (tertiary/aromatic N) is 6. The number of halogens is 2. The first-order chi connectivity index (χ1) is 29.6. The third-order valence-electron chi connectivity index (χ3n) is 13.4. The van der Waals surface area contributed by atoms with Crippen LogP contribution < -0.4 is 0 Å². The highest BCUT2D eigenvalue weighted by Gasteiger charge is 2.40. The van der Waals surface area contributed by atoms with Gasteiger partial charge in [-0.2, -0.15) is 0 Å². The SMILES string of the molecule is CCC(=O)n1cc2c3c(cccc31)C1=CC(C(=O)N(CC)CC)CN(CCF)[C@@H]1C2.CCC(=O)n1cc2c3c(cccc31)C1=C[C@@H](C(=O)N(CC)CC)CN(CCCF)C1C2. The summed E-state index contributed by atoms with van der Waals surface area (Å²) >= 11 is 0. The van der Waals surface area contributed by atoms with Crippen molar-refractivity contribution < 1.29 is 28.0 Å². The molecule has 4 heterocycles. The van der Waals surface area contributed by atoms with E-state index in [1.165, 1.54) is 0 Å². The van der Waals surface area contributed by atoms with Gasteiger partial charge in [0.1, 0.15) is 6.67 Å². The standard InChI is InChI=1S/C25H32FN3O2.C24H30FN3O2/c1-4-23(30)29-16-17-14-22-20(19-9-7-10-21(29)24(17)19)13-18(15-28(22)12-8-11-26)25(31)27(5-2)6-3;1-4-22(29)28-15-16-13-21-19(18-8-7-9-20(28)23(16)18)12-17(14-27(21)11-10-25)24(30)26(5-2)6-3/h7,9-10,13,16,18,22H,4-6,8,11-12,14-15H2,1-3H3;7-9,12,15,17,21H,4-6,10-11,13-14H2,1-3H3/t18-,22?;17?,21-/m11/s1. The van der Waals surface area contributed by atoms with E-state index in [9.17, 15) is 28.0 Å². The van der Waals surface area contributed by atoms with Gasteiger partial charge in [0.05, 0.1) is 29.5 Å². The van der Waals surface area contributed by atoms with Crippen LogP contribution in [0.15, 0.2) is 60.9 Å². The van der Waals surface area contributed by atoms with Crippen LogP contribution in [0.25, 0.3) is 33.0 Å². The summed E-state index contributed by atoms with van der Waals surface area (Å²) in [6.07, 6.45) is 11.1. The van der Waals surface area contributed by atoms with Crippen LogP contribution in [0, 0.1) is 11.8 Å². The van der Waals surface area contributed by atoms with Crippen molar-refractivity contribution in [1.82, 2.24) is 28.7 Å². The number of hydrogen-bond donors (Lipinski definition) is 0. The molecule has 0 bridgehead atoms. The molecule has 0 saturated carbocycles. The van der Waals surface area contributed by atoms with E-state index in [1.54, 1.807) is 9.13 Å². The van der Waals surface area contributed by atoms with Gasteiger partial charge in [-0.25, -0.2) is 4.39 Å². The Balaban J connectivity index is 0.000000184. The Kier molecular flexibility index (Phi) is 13.7. The fourth-order valence-corrected chi connectivity index (χ4v) is 10.3. The number of rotatable bonds is 13. The van der Waals surface area contributed by atoms with Crippen molar-refractivity contribution in [3.63, 3.8) is 0 Å². The summed E-state index contributed by atoms with van der Waals surface area (Å²) in [5, 5.41) is 2.21. The van der Waals surface area contributed by atoms with Crippen molar-refractivity contribution in [1.29, 1.82) is 0 Å². The summed E-state index contributed by atoms with van der Waals surface area (Å²) in [7, 11) is 0. The van der Waals surface area contributed by atoms with E-state index in [0.29, 0.717) is 71.6 Å². The molecule has 4 aliphatic rings. The third kappa shape index (κ3) is 8.13. The van der Waals surface area contributed by atoms with Gasteiger partial charge in [-0.3, -0.25) is 42.5 Å². The second kappa shape index (κ2) is 19.0. The monoisotopic (exact) mass is 836 g/mol. The van der Waals surface area contributed by atoms with Crippen molar-refractivity contribution in [2.75, 3.05) is 65.7 Å². The van der Waals surface area contributed by atoms with Gasteiger partial charge in [0.2, 0.25) is 23.6 Å². The average molecular weight is 837 g/mol. The normalized spacial score (nSPS) is 20.6. The van der Waals surface area contributed by atoms with Crippen LogP contribution in [-0.2, 0) is 22.4 Å². The minimum atomic E-state index is -0.442. The maximum absolute atomic E-state index is 13.4. The molecule has 2 aromatic carbocycles. The highest BCUT2D eigenvalue weighted by atomic mass is 19.1. The molecule has 2 unspecified atom stereocenters. The van der Waals surface area contributed by atoms with E-state index in [-0.39, 0.29) is 54.2 Å². The molecular weight excluding hydrogens is 775 g/mol. The summed E-state index contributed by atoms with van der Waals surface area (Å²) < 4.78 is 30.0. The Labute approximate surface area is 358 Å². The van der Waals surface area contributed by atoms with Crippen LogP contribution in [0.1, 0.15) is 92.6 Å². The van der Waals surface area contributed by atoms with Gasteiger partial charge in [0, 0.05) is 100 Å². The van der Waals surface area contributed by atoms with Crippen molar-refractivity contribution in [3.8, 4) is 0 Å². The van der Waals surface area contributed by atoms with Gasteiger partial charge in [0.25, 0.3) is 0 Å². The summed E-state index contributed by atoms with van der Waals surface area (Å²) in [6, 6.07) is 12.3. The Morgan fingerprint density at radius 1 is 0.607 bits per heavy atom. The molecule has 4 aromatic rings. The molecule has 0 fully saturated rings. The Hall–Kier alpha value is -4.94. The molecule has 0 radical (unpaired) electrons. The van der Waals surface area contributed by atoms with E-state index in [0.717, 1.165) is 68.0 Å². The van der Waals surface area contributed by atoms with Crippen LogP contribution in [0.4, 0.5) is 8.78 Å². The van der Waals surface area contributed by atoms with Gasteiger partial charge < -0.3 is 9.80 Å². The van der Waals surface area contributed by atoms with Gasteiger partial charge in [-0.1, -0.05) is 50.3 Å². The second-order valence-electron chi connectivity index (χ2n) is 16.6. The highest BCUT2D eigenvalue weighted by Crippen LogP contribution is 2.44. The fourth-order valence-electron chi connectivity index (χ4n) is 10.3. The Morgan fingerprint density at radius 3 is 1.41 bits per heavy atom. The average Bonchev–Trinajstić information content (AvgIpc) is 3.86. The summed E-state index contributed by atoms with van der Waals surface area (Å²) in [4.78, 5) is 59.5. The molecule has 4 atom stereocenters. The number of hydrogen-bond acceptors (Lipinski definition) is 6. The minimum absolute atomic E-state index is 0.0344. The molecule has 2 aliphatic carbocycles. The predicted molar refractivity (Wildman–Crippen MR) is 239 cm³/mol. The lowest BCUT2D eigenvalue weighted by Crippen LogP contribution is -2.49. The topological polar surface area (TPSA) is 91.1 Å². The van der Waals surface area contributed by atoms with Crippen LogP contribution in [-0.4, -0.2) is 130 Å². The number of fused-ring (bicyclic) bond motifs is 4. The summed E-state index contributed by atoms with van der Waals surface area (Å²) in [5.41, 5.74) is 8.57. The molecular formula is C49H62F2N6O4. The first kappa shape index (κ1) is 44.1. The number of aromatic nitrogens is 2. The zero-order valence-corrected chi connectivity index (χ0v) is 36.8. The van der Waals surface area contributed by atoms with Crippen LogP contribution >= 0.6 is 0 Å². The van der Waals surface area contributed by atoms with Gasteiger partial charge in [-0.05, 0) is 92.5 Å². The van der Waals surface area contributed by atoms with Gasteiger partial charge in [0.15, 0.2) is 0 Å². The smallest absolute Gasteiger partial charge is 0.230 e. The maximum Gasteiger partial charge on any atom is 0.230 e. The lowest BCUT2D eigenvalue weighted by atomic mass is 9.79. The van der Waals surface area contributed by atoms with Crippen LogP contribution in [0.3, 0.4) is 0 Å². The maximum atomic E-state index is 13.4. The quantitative estimate of drug-likeness (QED) is 0.136. The molecule has 12 heteroatoms. The van der Waals surface area contributed by atoms with Crippen molar-refractivity contribution in [2.45, 2.75) is 85.7 Å². The predicted octanol–water partition coefficient (Wildman–Crippen LogP) is 7.93. The number of benzene rings is 2. The first-order valence-corrected chi connectivity index (χ1v) is 22.5. The summed E-state index contributed by atoms with van der Waals surface area (Å²) in [6.45, 7) is 15.7. The van der Waals surface area contributed by atoms with Crippen molar-refractivity contribution in [2.24, 2.45) is 11.8 Å². The van der Waals surface area contributed by atoms with E-state index >= 15 is 0 Å². The summed E-state index contributed by atoms with van der Waals surface area (Å²) in [5.74, 6) is -0.126. The number of carbonyl (C=O) groups is 4. The zero-order valence-electron chi connectivity index (χ0n) is 36.8. The molecule has 61 heavy (non-hydrogen) atoms. The minimum Gasteiger partial charge on any atom is -0.343 e. The molecule has 10 nitrogen and oxygen atoms in total. The lowest BCUT2D eigenvalue weighted by molar-refractivity contribution is -0.135. The third-order valence-corrected chi connectivity index (χ3v) is 13.4. The van der Waals surface area contributed by atoms with Gasteiger partial charge >= 0.3 is 0 Å². The Bertz CT molecular complexity index is 2350. The zero-order chi connectivity index (χ0) is 43.5. The Morgan fingerprint density at radius 2 is 1.03 bits per heavy atom. The first-order valence-electron chi connectivity index (χ1n) is 22.5. The van der Waals surface area contributed by atoms with E-state index < -0.39 is 6.67 Å². The molecule has 8 rings (SSSR count). The number of alkyl halides is 2. The molecule has 2 aliphatic heterocycles. The van der Waals surface area contributed by atoms with E-state index in [1.807, 2.05) is 88.0 Å². The number of amides is 2. The van der Waals surface area contributed by atoms with Crippen molar-refractivity contribution >= 4 is 56.6 Å². The highest BCUT2D eigenvalue weighted by molar-refractivity contribution is 6.04. The fraction of sp³-hybridized carbons (Fsp3) is 0.510. The lowest BCUT2D eigenvalue weighted by Gasteiger charge is -2.42. The van der Waals surface area contributed by atoms with Gasteiger partial charge in [-0.15, -0.1) is 0 Å². The largest absolute Gasteiger partial charge is 0.343 e. The molecule has 2 amide bonds. The van der Waals surface area contributed by atoms with E-state index in [2.05, 4.69) is 34.1 Å². The van der Waals surface area contributed by atoms with Crippen molar-refractivity contribution in [3.05, 3.63) is 83.2 Å². The molecule has 0 spiro atoms. The van der Waals surface area contributed by atoms with Crippen LogP contribution in [0.5, 0.6) is 0 Å². The van der Waals surface area contributed by atoms with Crippen LogP contribution in [0.2, 0.25) is 0 Å². The number of carbonyl (C=O) groups excluding carboxylic acids is 4.